The summed E-state index contributed by atoms with van der Waals surface area (Å²) in [5.74, 6) is 1.35. The largest absolute Gasteiger partial charge is 0.469 e. The Hall–Kier alpha value is -0.570. The highest BCUT2D eigenvalue weighted by Gasteiger charge is 2.18. The highest BCUT2D eigenvalue weighted by atomic mass is 127. The van der Waals surface area contributed by atoms with Gasteiger partial charge in [-0.3, -0.25) is 9.79 Å². The summed E-state index contributed by atoms with van der Waals surface area (Å²) in [6.07, 6.45) is 3.36. The summed E-state index contributed by atoms with van der Waals surface area (Å²) < 4.78 is 10.00. The minimum atomic E-state index is -0.146. The third-order valence-corrected chi connectivity index (χ3v) is 3.45. The zero-order chi connectivity index (χ0) is 14.8. The molecule has 0 aromatic carbocycles. The van der Waals surface area contributed by atoms with Gasteiger partial charge in [-0.25, -0.2) is 0 Å². The van der Waals surface area contributed by atoms with Crippen LogP contribution in [0.3, 0.4) is 0 Å². The molecule has 0 spiro atoms. The van der Waals surface area contributed by atoms with Crippen LogP contribution in [-0.4, -0.2) is 64.3 Å². The molecule has 1 N–H and O–H groups in total. The molecule has 1 saturated heterocycles. The number of carbonyl (C=O) groups is 1. The van der Waals surface area contributed by atoms with Gasteiger partial charge in [-0.15, -0.1) is 24.0 Å². The van der Waals surface area contributed by atoms with E-state index in [1.807, 2.05) is 7.05 Å². The average Bonchev–Trinajstić information content (AvgIpc) is 2.95. The van der Waals surface area contributed by atoms with Crippen LogP contribution in [0.2, 0.25) is 0 Å². The number of hydrogen-bond donors (Lipinski definition) is 1. The van der Waals surface area contributed by atoms with E-state index in [1.54, 1.807) is 7.05 Å². The van der Waals surface area contributed by atoms with E-state index in [2.05, 4.69) is 19.9 Å². The molecule has 1 atom stereocenters. The van der Waals surface area contributed by atoms with Crippen molar-refractivity contribution in [2.24, 2.45) is 10.9 Å². The smallest absolute Gasteiger partial charge is 0.305 e. The third kappa shape index (κ3) is 8.45. The van der Waals surface area contributed by atoms with E-state index in [1.165, 1.54) is 7.11 Å². The van der Waals surface area contributed by atoms with E-state index in [-0.39, 0.29) is 29.9 Å². The fourth-order valence-electron chi connectivity index (χ4n) is 2.28. The number of hydrogen-bond acceptors (Lipinski definition) is 4. The summed E-state index contributed by atoms with van der Waals surface area (Å²) in [6, 6.07) is 0. The zero-order valence-electron chi connectivity index (χ0n) is 13.3. The number of methoxy groups -OCH3 is 1. The number of rotatable bonds is 7. The number of unbranched alkanes of at least 4 members (excludes halogenated alkanes) is 1. The van der Waals surface area contributed by atoms with Gasteiger partial charge in [0.1, 0.15) is 0 Å². The molecular weight excluding hydrogens is 385 g/mol. The van der Waals surface area contributed by atoms with Gasteiger partial charge in [0.25, 0.3) is 0 Å². The van der Waals surface area contributed by atoms with Crippen LogP contribution in [0.5, 0.6) is 0 Å². The molecule has 7 heteroatoms. The Morgan fingerprint density at radius 2 is 2.24 bits per heavy atom. The fraction of sp³-hybridized carbons (Fsp3) is 0.857. The number of nitrogens with zero attached hydrogens (tertiary/aromatic N) is 2. The number of carbonyl (C=O) groups excluding carboxylic acids is 1. The lowest BCUT2D eigenvalue weighted by Gasteiger charge is -2.24. The molecule has 0 bridgehead atoms. The van der Waals surface area contributed by atoms with Crippen molar-refractivity contribution in [3.8, 4) is 0 Å². The SMILES string of the molecule is CN=C(NCCCCC(=O)OC)N(C)CC1CCOC1.I. The quantitative estimate of drug-likeness (QED) is 0.225. The molecule has 1 aliphatic heterocycles. The van der Waals surface area contributed by atoms with E-state index in [0.717, 1.165) is 51.5 Å². The van der Waals surface area contributed by atoms with Crippen molar-refractivity contribution in [3.63, 3.8) is 0 Å². The number of ether oxygens (including phenoxy) is 2. The molecule has 1 fully saturated rings. The van der Waals surface area contributed by atoms with Crippen molar-refractivity contribution in [1.82, 2.24) is 10.2 Å². The maximum Gasteiger partial charge on any atom is 0.305 e. The van der Waals surface area contributed by atoms with Crippen LogP contribution in [0, 0.1) is 5.92 Å². The van der Waals surface area contributed by atoms with Crippen LogP contribution in [0.4, 0.5) is 0 Å². The Bertz CT molecular complexity index is 321. The van der Waals surface area contributed by atoms with Crippen molar-refractivity contribution in [3.05, 3.63) is 0 Å². The Kier molecular flexibility index (Phi) is 11.7. The van der Waals surface area contributed by atoms with Crippen LogP contribution in [0.15, 0.2) is 4.99 Å². The van der Waals surface area contributed by atoms with Crippen molar-refractivity contribution < 1.29 is 14.3 Å². The fourth-order valence-corrected chi connectivity index (χ4v) is 2.28. The minimum Gasteiger partial charge on any atom is -0.469 e. The van der Waals surface area contributed by atoms with Gasteiger partial charge < -0.3 is 19.7 Å². The molecule has 1 heterocycles. The van der Waals surface area contributed by atoms with Crippen LogP contribution < -0.4 is 5.32 Å². The summed E-state index contributed by atoms with van der Waals surface area (Å²) >= 11 is 0. The van der Waals surface area contributed by atoms with Crippen molar-refractivity contribution in [2.45, 2.75) is 25.7 Å². The summed E-state index contributed by atoms with van der Waals surface area (Å²) in [7, 11) is 5.25. The second-order valence-electron chi connectivity index (χ2n) is 5.12. The van der Waals surface area contributed by atoms with Crippen LogP contribution in [0.1, 0.15) is 25.7 Å². The average molecular weight is 413 g/mol. The van der Waals surface area contributed by atoms with E-state index in [0.29, 0.717) is 12.3 Å². The first-order chi connectivity index (χ1) is 9.67. The van der Waals surface area contributed by atoms with Gasteiger partial charge in [0, 0.05) is 46.1 Å². The lowest BCUT2D eigenvalue weighted by atomic mass is 10.1. The normalized spacial score (nSPS) is 18.0. The van der Waals surface area contributed by atoms with E-state index >= 15 is 0 Å². The predicted octanol–water partition coefficient (Wildman–Crippen LogP) is 1.49. The molecule has 0 aromatic heterocycles. The highest BCUT2D eigenvalue weighted by molar-refractivity contribution is 14.0. The topological polar surface area (TPSA) is 63.2 Å². The molecule has 1 unspecified atom stereocenters. The van der Waals surface area contributed by atoms with Crippen molar-refractivity contribution in [1.29, 1.82) is 0 Å². The molecule has 1 aliphatic rings. The van der Waals surface area contributed by atoms with E-state index < -0.39 is 0 Å². The maximum absolute atomic E-state index is 11.0. The van der Waals surface area contributed by atoms with Gasteiger partial charge in [0.15, 0.2) is 5.96 Å². The van der Waals surface area contributed by atoms with Gasteiger partial charge >= 0.3 is 5.97 Å². The molecule has 6 nitrogen and oxygen atoms in total. The number of esters is 1. The number of halogens is 1. The first kappa shape index (κ1) is 20.4. The van der Waals surface area contributed by atoms with Crippen LogP contribution >= 0.6 is 24.0 Å². The molecule has 1 rings (SSSR count). The maximum atomic E-state index is 11.0. The third-order valence-electron chi connectivity index (χ3n) is 3.45. The minimum absolute atomic E-state index is 0. The van der Waals surface area contributed by atoms with Crippen molar-refractivity contribution >= 4 is 35.9 Å². The Morgan fingerprint density at radius 3 is 2.81 bits per heavy atom. The zero-order valence-corrected chi connectivity index (χ0v) is 15.6. The van der Waals surface area contributed by atoms with Crippen LogP contribution in [0.25, 0.3) is 0 Å². The Labute approximate surface area is 144 Å². The second-order valence-corrected chi connectivity index (χ2v) is 5.12. The monoisotopic (exact) mass is 413 g/mol. The second kappa shape index (κ2) is 12.0. The first-order valence-electron chi connectivity index (χ1n) is 7.23. The van der Waals surface area contributed by atoms with Gasteiger partial charge in [0.2, 0.25) is 0 Å². The lowest BCUT2D eigenvalue weighted by Crippen LogP contribution is -2.41. The molecular formula is C14H28IN3O3. The standard InChI is InChI=1S/C14H27N3O3.HI/c1-15-14(16-8-5-4-6-13(18)19-3)17(2)10-12-7-9-20-11-12;/h12H,4-11H2,1-3H3,(H,15,16);1H. The van der Waals surface area contributed by atoms with Gasteiger partial charge in [-0.05, 0) is 19.3 Å². The molecule has 124 valence electrons. The molecule has 0 aromatic rings. The Balaban J connectivity index is 0.00000400. The van der Waals surface area contributed by atoms with Gasteiger partial charge in [-0.1, -0.05) is 0 Å². The van der Waals surface area contributed by atoms with E-state index in [4.69, 9.17) is 4.74 Å². The molecule has 0 amide bonds. The first-order valence-corrected chi connectivity index (χ1v) is 7.23. The predicted molar refractivity (Wildman–Crippen MR) is 94.2 cm³/mol. The number of aliphatic imine (C=N–C) groups is 1. The summed E-state index contributed by atoms with van der Waals surface area (Å²) in [5.41, 5.74) is 0. The van der Waals surface area contributed by atoms with Crippen LogP contribution in [-0.2, 0) is 14.3 Å². The summed E-state index contributed by atoms with van der Waals surface area (Å²) in [5, 5.41) is 3.32. The highest BCUT2D eigenvalue weighted by Crippen LogP contribution is 2.13. The van der Waals surface area contributed by atoms with Crippen molar-refractivity contribution in [2.75, 3.05) is 47.5 Å². The number of nitrogens with one attached hydrogen (secondary N) is 1. The molecule has 0 aliphatic carbocycles. The summed E-state index contributed by atoms with van der Waals surface area (Å²) in [6.45, 7) is 3.50. The Morgan fingerprint density at radius 1 is 1.48 bits per heavy atom. The summed E-state index contributed by atoms with van der Waals surface area (Å²) in [4.78, 5) is 17.4. The molecule has 0 saturated carbocycles. The van der Waals surface area contributed by atoms with E-state index in [9.17, 15) is 4.79 Å². The lowest BCUT2D eigenvalue weighted by molar-refractivity contribution is -0.140. The number of guanidine groups is 1. The molecule has 0 radical (unpaired) electrons. The van der Waals surface area contributed by atoms with Gasteiger partial charge in [0.05, 0.1) is 13.7 Å². The van der Waals surface area contributed by atoms with Gasteiger partial charge in [-0.2, -0.15) is 0 Å². The molecule has 21 heavy (non-hydrogen) atoms.